The second kappa shape index (κ2) is 7.47. The van der Waals surface area contributed by atoms with Gasteiger partial charge >= 0.3 is 12.1 Å². The number of carboxylic acid groups (broad SMARTS) is 1. The molecule has 1 rings (SSSR count). The molecule has 20 heavy (non-hydrogen) atoms. The Bertz CT molecular complexity index is 331. The molecule has 0 aromatic rings. The van der Waals surface area contributed by atoms with Crippen molar-refractivity contribution < 1.29 is 24.2 Å². The summed E-state index contributed by atoms with van der Waals surface area (Å²) < 4.78 is 10.7. The average Bonchev–Trinajstić information content (AvgIpc) is 2.77. The third-order valence-electron chi connectivity index (χ3n) is 3.05. The van der Waals surface area contributed by atoms with E-state index in [9.17, 15) is 9.59 Å². The lowest BCUT2D eigenvalue weighted by atomic mass is 10.2. The van der Waals surface area contributed by atoms with Crippen LogP contribution in [0, 0.1) is 0 Å². The summed E-state index contributed by atoms with van der Waals surface area (Å²) in [5.74, 6) is -1.08. The highest BCUT2D eigenvalue weighted by atomic mass is 16.6. The van der Waals surface area contributed by atoms with Crippen molar-refractivity contribution in [3.05, 3.63) is 0 Å². The van der Waals surface area contributed by atoms with Crippen LogP contribution in [0.2, 0.25) is 0 Å². The lowest BCUT2D eigenvalue weighted by molar-refractivity contribution is -0.140. The van der Waals surface area contributed by atoms with Gasteiger partial charge in [0.1, 0.15) is 11.6 Å². The molecule has 2 N–H and O–H groups in total. The van der Waals surface area contributed by atoms with Gasteiger partial charge in [0.05, 0.1) is 6.10 Å². The van der Waals surface area contributed by atoms with E-state index < -0.39 is 23.7 Å². The van der Waals surface area contributed by atoms with Crippen molar-refractivity contribution in [3.8, 4) is 0 Å². The third kappa shape index (κ3) is 6.75. The number of alkyl carbamates (subject to hydrolysis) is 1. The van der Waals surface area contributed by atoms with Crippen molar-refractivity contribution in [3.63, 3.8) is 0 Å². The Labute approximate surface area is 119 Å². The lowest BCUT2D eigenvalue weighted by Crippen LogP contribution is -2.44. The number of hydrogen-bond acceptors (Lipinski definition) is 4. The number of ether oxygens (including phenoxy) is 2. The van der Waals surface area contributed by atoms with Gasteiger partial charge in [-0.3, -0.25) is 0 Å². The molecule has 0 saturated heterocycles. The van der Waals surface area contributed by atoms with Gasteiger partial charge in [0.15, 0.2) is 0 Å². The number of carboxylic acids is 1. The van der Waals surface area contributed by atoms with Gasteiger partial charge in [0.2, 0.25) is 0 Å². The van der Waals surface area contributed by atoms with Crippen LogP contribution in [0.3, 0.4) is 0 Å². The first kappa shape index (κ1) is 16.8. The number of carbonyl (C=O) groups is 2. The fourth-order valence-corrected chi connectivity index (χ4v) is 2.11. The molecule has 1 amide bonds. The van der Waals surface area contributed by atoms with Crippen molar-refractivity contribution in [2.45, 2.75) is 70.6 Å². The van der Waals surface area contributed by atoms with E-state index in [1.54, 1.807) is 20.8 Å². The standard InChI is InChI=1S/C14H25NO5/c1-14(2,3)20-13(18)15-11(12(16)17)8-9-19-10-6-4-5-7-10/h10-11H,4-9H2,1-3H3,(H,15,18)(H,16,17). The van der Waals surface area contributed by atoms with Crippen LogP contribution in [-0.2, 0) is 14.3 Å². The topological polar surface area (TPSA) is 84.9 Å². The van der Waals surface area contributed by atoms with E-state index in [0.717, 1.165) is 12.8 Å². The molecule has 0 radical (unpaired) electrons. The van der Waals surface area contributed by atoms with Gasteiger partial charge in [-0.15, -0.1) is 0 Å². The Morgan fingerprint density at radius 3 is 2.40 bits per heavy atom. The predicted molar refractivity (Wildman–Crippen MR) is 73.6 cm³/mol. The predicted octanol–water partition coefficient (Wildman–Crippen LogP) is 2.31. The van der Waals surface area contributed by atoms with Gasteiger partial charge in [0.25, 0.3) is 0 Å². The summed E-state index contributed by atoms with van der Waals surface area (Å²) in [6.07, 6.45) is 4.18. The number of amides is 1. The van der Waals surface area contributed by atoms with Crippen molar-refractivity contribution >= 4 is 12.1 Å². The van der Waals surface area contributed by atoms with Crippen LogP contribution in [-0.4, -0.2) is 41.5 Å². The quantitative estimate of drug-likeness (QED) is 0.783. The van der Waals surface area contributed by atoms with E-state index in [4.69, 9.17) is 14.6 Å². The minimum Gasteiger partial charge on any atom is -0.480 e. The van der Waals surface area contributed by atoms with Crippen molar-refractivity contribution in [2.24, 2.45) is 0 Å². The van der Waals surface area contributed by atoms with Crippen LogP contribution in [0.1, 0.15) is 52.9 Å². The van der Waals surface area contributed by atoms with Gasteiger partial charge in [-0.2, -0.15) is 0 Å². The van der Waals surface area contributed by atoms with Crippen molar-refractivity contribution in [2.75, 3.05) is 6.61 Å². The maximum atomic E-state index is 11.6. The molecule has 6 heteroatoms. The monoisotopic (exact) mass is 287 g/mol. The summed E-state index contributed by atoms with van der Waals surface area (Å²) in [7, 11) is 0. The second-order valence-corrected chi connectivity index (χ2v) is 6.10. The fourth-order valence-electron chi connectivity index (χ4n) is 2.11. The van der Waals surface area contributed by atoms with E-state index in [1.165, 1.54) is 12.8 Å². The molecular formula is C14H25NO5. The Hall–Kier alpha value is -1.30. The van der Waals surface area contributed by atoms with E-state index in [1.807, 2.05) is 0 Å². The van der Waals surface area contributed by atoms with Crippen LogP contribution in [0.5, 0.6) is 0 Å². The van der Waals surface area contributed by atoms with E-state index in [2.05, 4.69) is 5.32 Å². The summed E-state index contributed by atoms with van der Waals surface area (Å²) in [6, 6.07) is -0.980. The highest BCUT2D eigenvalue weighted by Crippen LogP contribution is 2.21. The largest absolute Gasteiger partial charge is 0.480 e. The zero-order valence-corrected chi connectivity index (χ0v) is 12.5. The summed E-state index contributed by atoms with van der Waals surface area (Å²) in [4.78, 5) is 22.7. The zero-order valence-electron chi connectivity index (χ0n) is 12.5. The molecule has 6 nitrogen and oxygen atoms in total. The number of aliphatic carboxylic acids is 1. The molecule has 0 bridgehead atoms. The highest BCUT2D eigenvalue weighted by Gasteiger charge is 2.24. The molecule has 1 fully saturated rings. The molecule has 1 unspecified atom stereocenters. The Morgan fingerprint density at radius 2 is 1.90 bits per heavy atom. The maximum Gasteiger partial charge on any atom is 0.408 e. The maximum absolute atomic E-state index is 11.6. The van der Waals surface area contributed by atoms with Crippen molar-refractivity contribution in [1.29, 1.82) is 0 Å². The molecule has 1 atom stereocenters. The van der Waals surface area contributed by atoms with Gasteiger partial charge in [-0.05, 0) is 33.6 Å². The number of rotatable bonds is 6. The van der Waals surface area contributed by atoms with Crippen LogP contribution >= 0.6 is 0 Å². The summed E-state index contributed by atoms with van der Waals surface area (Å²) >= 11 is 0. The Kier molecular flexibility index (Phi) is 6.26. The minimum absolute atomic E-state index is 0.241. The molecule has 0 aromatic heterocycles. The highest BCUT2D eigenvalue weighted by molar-refractivity contribution is 5.79. The zero-order chi connectivity index (χ0) is 15.2. The SMILES string of the molecule is CC(C)(C)OC(=O)NC(CCOC1CCCC1)C(=O)O. The summed E-state index contributed by atoms with van der Waals surface area (Å²) in [5.41, 5.74) is -0.645. The fraction of sp³-hybridized carbons (Fsp3) is 0.857. The van der Waals surface area contributed by atoms with E-state index >= 15 is 0 Å². The number of carbonyl (C=O) groups excluding carboxylic acids is 1. The smallest absolute Gasteiger partial charge is 0.408 e. The van der Waals surface area contributed by atoms with Crippen LogP contribution in [0.4, 0.5) is 4.79 Å². The molecule has 0 heterocycles. The van der Waals surface area contributed by atoms with Crippen LogP contribution in [0.15, 0.2) is 0 Å². The lowest BCUT2D eigenvalue weighted by Gasteiger charge is -2.22. The molecule has 1 aliphatic carbocycles. The summed E-state index contributed by atoms with van der Waals surface area (Å²) in [6.45, 7) is 5.51. The van der Waals surface area contributed by atoms with E-state index in [-0.39, 0.29) is 12.5 Å². The second-order valence-electron chi connectivity index (χ2n) is 6.10. The average molecular weight is 287 g/mol. The molecule has 1 aliphatic rings. The molecule has 0 aliphatic heterocycles. The molecule has 0 aromatic carbocycles. The summed E-state index contributed by atoms with van der Waals surface area (Å²) in [5, 5.41) is 11.4. The molecule has 116 valence electrons. The Morgan fingerprint density at radius 1 is 1.30 bits per heavy atom. The first-order valence-electron chi connectivity index (χ1n) is 7.12. The van der Waals surface area contributed by atoms with E-state index in [0.29, 0.717) is 6.61 Å². The molecule has 0 spiro atoms. The first-order chi connectivity index (χ1) is 9.28. The molecule has 1 saturated carbocycles. The Balaban J connectivity index is 2.32. The van der Waals surface area contributed by atoms with Crippen LogP contribution < -0.4 is 5.32 Å². The van der Waals surface area contributed by atoms with Gasteiger partial charge in [-0.1, -0.05) is 12.8 Å². The minimum atomic E-state index is -1.08. The normalized spacial score (nSPS) is 17.8. The number of nitrogens with one attached hydrogen (secondary N) is 1. The molecular weight excluding hydrogens is 262 g/mol. The van der Waals surface area contributed by atoms with Gasteiger partial charge in [0, 0.05) is 13.0 Å². The number of hydrogen-bond donors (Lipinski definition) is 2. The van der Waals surface area contributed by atoms with Crippen molar-refractivity contribution in [1.82, 2.24) is 5.32 Å². The first-order valence-corrected chi connectivity index (χ1v) is 7.12. The third-order valence-corrected chi connectivity index (χ3v) is 3.05. The van der Waals surface area contributed by atoms with Crippen LogP contribution in [0.25, 0.3) is 0 Å². The van der Waals surface area contributed by atoms with Gasteiger partial charge in [-0.25, -0.2) is 9.59 Å². The van der Waals surface area contributed by atoms with Gasteiger partial charge < -0.3 is 19.9 Å².